The van der Waals surface area contributed by atoms with Crippen LogP contribution in [0.2, 0.25) is 0 Å². The molecule has 348 valence electrons. The summed E-state index contributed by atoms with van der Waals surface area (Å²) < 4.78 is 56.6. The number of hydrogen-bond donors (Lipinski definition) is 4. The minimum atomic E-state index is -3.47. The molecule has 0 radical (unpaired) electrons. The van der Waals surface area contributed by atoms with Crippen LogP contribution in [0.1, 0.15) is 33.4 Å². The van der Waals surface area contributed by atoms with Crippen LogP contribution in [0.3, 0.4) is 0 Å². The minimum Gasteiger partial charge on any atom is -0.316 e. The number of benzene rings is 4. The number of nitrogens with zero attached hydrogens (tertiary/aromatic N) is 4. The van der Waals surface area contributed by atoms with Gasteiger partial charge < -0.3 is 10.6 Å². The summed E-state index contributed by atoms with van der Waals surface area (Å²) in [5, 5.41) is 6.73. The number of halogens is 3. The van der Waals surface area contributed by atoms with Gasteiger partial charge in [-0.3, -0.25) is 19.6 Å². The van der Waals surface area contributed by atoms with Gasteiger partial charge in [-0.2, -0.15) is 0 Å². The van der Waals surface area contributed by atoms with Gasteiger partial charge in [0.1, 0.15) is 0 Å². The van der Waals surface area contributed by atoms with Gasteiger partial charge >= 0.3 is 0 Å². The maximum absolute atomic E-state index is 12.7. The zero-order valence-corrected chi connectivity index (χ0v) is 40.3. The first-order chi connectivity index (χ1) is 29.2. The van der Waals surface area contributed by atoms with Crippen molar-refractivity contribution in [2.45, 2.75) is 48.6 Å². The third-order valence-corrected chi connectivity index (χ3v) is 15.0. The van der Waals surface area contributed by atoms with Crippen molar-refractivity contribution in [2.24, 2.45) is 0 Å². The van der Waals surface area contributed by atoms with Crippen LogP contribution in [0, 0.1) is 0 Å². The molecule has 4 aromatic carbocycles. The van der Waals surface area contributed by atoms with Crippen molar-refractivity contribution in [1.82, 2.24) is 39.7 Å². The normalized spacial score (nSPS) is 17.8. The van der Waals surface area contributed by atoms with Gasteiger partial charge in [-0.25, -0.2) is 26.3 Å². The number of piperazine rings is 2. The Bertz CT molecular complexity index is 2020. The van der Waals surface area contributed by atoms with Gasteiger partial charge in [-0.05, 0) is 110 Å². The Balaban J connectivity index is 0.000000264. The van der Waals surface area contributed by atoms with Crippen LogP contribution in [0.5, 0.6) is 0 Å². The molecular weight excluding hydrogens is 899 g/mol. The van der Waals surface area contributed by atoms with E-state index in [0.717, 1.165) is 142 Å². The van der Waals surface area contributed by atoms with Gasteiger partial charge in [0.2, 0.25) is 20.0 Å². The molecule has 17 heteroatoms. The highest BCUT2D eigenvalue weighted by atomic mass is 35.5. The Kier molecular flexibility index (Phi) is 22.2. The first-order valence-electron chi connectivity index (χ1n) is 21.8. The molecule has 0 amide bonds. The molecule has 4 N–H and O–H groups in total. The van der Waals surface area contributed by atoms with Gasteiger partial charge in [-0.15, -0.1) is 37.2 Å². The number of fused-ring (bicyclic) bond motifs is 2. The smallest absolute Gasteiger partial charge is 0.240 e. The van der Waals surface area contributed by atoms with Gasteiger partial charge in [0, 0.05) is 91.6 Å². The van der Waals surface area contributed by atoms with E-state index in [4.69, 9.17) is 0 Å². The SMILES string of the molecule is Cl.Cl.Cl.O=S(=O)(NCCN1CCN(Cc2ccccc2)CC1)c1ccc2c(c1)CCNCC2.O=S(=O)(NCCN1CCN(Cc2ccccc2)CC1)c1ccc2c(c1)CCNCC2. The van der Waals surface area contributed by atoms with E-state index in [0.29, 0.717) is 22.9 Å². The lowest BCUT2D eigenvalue weighted by Gasteiger charge is -2.34. The lowest BCUT2D eigenvalue weighted by Crippen LogP contribution is -2.48. The molecule has 2 saturated heterocycles. The molecule has 8 rings (SSSR count). The second kappa shape index (κ2) is 26.5. The van der Waals surface area contributed by atoms with Gasteiger partial charge in [0.05, 0.1) is 9.79 Å². The van der Waals surface area contributed by atoms with E-state index in [9.17, 15) is 16.8 Å². The summed E-state index contributed by atoms with van der Waals surface area (Å²) in [7, 11) is -6.93. The zero-order valence-electron chi connectivity index (χ0n) is 36.3. The highest BCUT2D eigenvalue weighted by Gasteiger charge is 2.22. The third kappa shape index (κ3) is 16.3. The molecule has 4 heterocycles. The van der Waals surface area contributed by atoms with Crippen molar-refractivity contribution in [2.75, 3.05) is 105 Å². The predicted octanol–water partition coefficient (Wildman–Crippen LogP) is 4.21. The molecular formula is C46H67Cl3N8O4S2. The second-order valence-electron chi connectivity index (χ2n) is 16.4. The summed E-state index contributed by atoms with van der Waals surface area (Å²) in [6.45, 7) is 16.0. The van der Waals surface area contributed by atoms with Crippen molar-refractivity contribution in [3.05, 3.63) is 130 Å². The average molecular weight is 967 g/mol. The van der Waals surface area contributed by atoms with Crippen LogP contribution in [0.25, 0.3) is 0 Å². The van der Waals surface area contributed by atoms with Gasteiger partial charge in [0.15, 0.2) is 0 Å². The van der Waals surface area contributed by atoms with E-state index < -0.39 is 20.0 Å². The molecule has 0 atom stereocenters. The monoisotopic (exact) mass is 964 g/mol. The summed E-state index contributed by atoms with van der Waals surface area (Å²) in [5.74, 6) is 0. The highest BCUT2D eigenvalue weighted by molar-refractivity contribution is 7.89. The molecule has 63 heavy (non-hydrogen) atoms. The van der Waals surface area contributed by atoms with E-state index in [1.54, 1.807) is 12.1 Å². The molecule has 0 aromatic heterocycles. The summed E-state index contributed by atoms with van der Waals surface area (Å²) in [5.41, 5.74) is 7.50. The Morgan fingerprint density at radius 3 is 1.13 bits per heavy atom. The van der Waals surface area contributed by atoms with E-state index in [-0.39, 0.29) is 37.2 Å². The van der Waals surface area contributed by atoms with Crippen LogP contribution in [0.15, 0.2) is 107 Å². The lowest BCUT2D eigenvalue weighted by molar-refractivity contribution is 0.129. The maximum atomic E-state index is 12.7. The largest absolute Gasteiger partial charge is 0.316 e. The first kappa shape index (κ1) is 52.9. The van der Waals surface area contributed by atoms with Crippen LogP contribution in [-0.4, -0.2) is 141 Å². The van der Waals surface area contributed by atoms with E-state index >= 15 is 0 Å². The van der Waals surface area contributed by atoms with E-state index in [1.165, 1.54) is 22.3 Å². The summed E-state index contributed by atoms with van der Waals surface area (Å²) in [6, 6.07) is 32.2. The van der Waals surface area contributed by atoms with Crippen LogP contribution < -0.4 is 20.1 Å². The summed E-state index contributed by atoms with van der Waals surface area (Å²) in [4.78, 5) is 10.4. The molecule has 4 aromatic rings. The Morgan fingerprint density at radius 2 is 0.762 bits per heavy atom. The van der Waals surface area contributed by atoms with Crippen molar-refractivity contribution >= 4 is 57.3 Å². The second-order valence-corrected chi connectivity index (χ2v) is 19.9. The van der Waals surface area contributed by atoms with E-state index in [1.807, 2.05) is 36.4 Å². The number of sulfonamides is 2. The number of nitrogens with one attached hydrogen (secondary N) is 4. The molecule has 0 aliphatic carbocycles. The Labute approximate surface area is 395 Å². The quantitative estimate of drug-likeness (QED) is 0.146. The fourth-order valence-corrected chi connectivity index (χ4v) is 10.6. The van der Waals surface area contributed by atoms with Crippen LogP contribution in [0.4, 0.5) is 0 Å². The van der Waals surface area contributed by atoms with Crippen molar-refractivity contribution in [3.63, 3.8) is 0 Å². The molecule has 12 nitrogen and oxygen atoms in total. The van der Waals surface area contributed by atoms with Gasteiger partial charge in [0.25, 0.3) is 0 Å². The zero-order chi connectivity index (χ0) is 41.6. The van der Waals surface area contributed by atoms with Crippen LogP contribution in [-0.2, 0) is 58.8 Å². The minimum absolute atomic E-state index is 0. The molecule has 0 saturated carbocycles. The first-order valence-corrected chi connectivity index (χ1v) is 24.8. The molecule has 0 unspecified atom stereocenters. The van der Waals surface area contributed by atoms with E-state index in [2.05, 4.69) is 88.2 Å². The fraction of sp³-hybridized carbons (Fsp3) is 0.478. The molecule has 0 spiro atoms. The van der Waals surface area contributed by atoms with Crippen molar-refractivity contribution < 1.29 is 16.8 Å². The molecule has 0 bridgehead atoms. The van der Waals surface area contributed by atoms with Crippen molar-refractivity contribution in [1.29, 1.82) is 0 Å². The lowest BCUT2D eigenvalue weighted by atomic mass is 10.0. The highest BCUT2D eigenvalue weighted by Crippen LogP contribution is 2.20. The van der Waals surface area contributed by atoms with Gasteiger partial charge in [-0.1, -0.05) is 72.8 Å². The fourth-order valence-electron chi connectivity index (χ4n) is 8.50. The number of hydrogen-bond acceptors (Lipinski definition) is 10. The standard InChI is InChI=1S/2C23H32N4O2S.3ClH/c2*28-30(29,23-7-6-21-8-10-24-11-9-22(21)18-23)25-12-13-26-14-16-27(17-15-26)19-20-4-2-1-3-5-20;;;/h2*1-7,18,24-25H,8-17,19H2;3*1H. The Morgan fingerprint density at radius 1 is 0.429 bits per heavy atom. The van der Waals surface area contributed by atoms with Crippen LogP contribution >= 0.6 is 37.2 Å². The third-order valence-electron chi connectivity index (χ3n) is 12.1. The summed E-state index contributed by atoms with van der Waals surface area (Å²) in [6.07, 6.45) is 3.68. The maximum Gasteiger partial charge on any atom is 0.240 e. The molecule has 4 aliphatic rings. The predicted molar refractivity (Wildman–Crippen MR) is 262 cm³/mol. The van der Waals surface area contributed by atoms with Crippen molar-refractivity contribution in [3.8, 4) is 0 Å². The number of rotatable bonds is 14. The molecule has 4 aliphatic heterocycles. The molecule has 2 fully saturated rings. The topological polar surface area (TPSA) is 129 Å². The Hall–Kier alpha value is -2.67. The average Bonchev–Trinajstić information content (AvgIpc) is 3.66. The summed E-state index contributed by atoms with van der Waals surface area (Å²) >= 11 is 0.